The third-order valence-corrected chi connectivity index (χ3v) is 4.20. The van der Waals surface area contributed by atoms with E-state index in [0.29, 0.717) is 21.8 Å². The highest BCUT2D eigenvalue weighted by Crippen LogP contribution is 2.24. The number of rotatable bonds is 2. The van der Waals surface area contributed by atoms with Gasteiger partial charge < -0.3 is 0 Å². The normalized spacial score (nSPS) is 16.9. The molecule has 3 rings (SSSR count). The number of benzene rings is 1. The number of hydrogen-bond acceptors (Lipinski definition) is 2. The third kappa shape index (κ3) is 2.66. The lowest BCUT2D eigenvalue weighted by Crippen LogP contribution is -2.25. The van der Waals surface area contributed by atoms with E-state index >= 15 is 0 Å². The van der Waals surface area contributed by atoms with Crippen LogP contribution in [0.2, 0.25) is 5.02 Å². The molecule has 1 aliphatic carbocycles. The van der Waals surface area contributed by atoms with E-state index in [1.165, 1.54) is 32.1 Å². The van der Waals surface area contributed by atoms with Crippen molar-refractivity contribution < 1.29 is 0 Å². The van der Waals surface area contributed by atoms with Crippen molar-refractivity contribution in [3.8, 4) is 0 Å². The van der Waals surface area contributed by atoms with Gasteiger partial charge in [0.25, 0.3) is 5.56 Å². The largest absolute Gasteiger partial charge is 0.298 e. The van der Waals surface area contributed by atoms with Crippen molar-refractivity contribution in [3.63, 3.8) is 0 Å². The highest BCUT2D eigenvalue weighted by atomic mass is 35.5. The Labute approximate surface area is 117 Å². The summed E-state index contributed by atoms with van der Waals surface area (Å²) in [5, 5.41) is 1.20. The van der Waals surface area contributed by atoms with E-state index in [0.717, 1.165) is 6.54 Å². The van der Waals surface area contributed by atoms with E-state index in [1.807, 2.05) is 0 Å². The van der Waals surface area contributed by atoms with E-state index < -0.39 is 0 Å². The van der Waals surface area contributed by atoms with Gasteiger partial charge in [0.1, 0.15) is 0 Å². The molecular weight excluding hydrogens is 260 g/mol. The SMILES string of the molecule is O=c1c2cc(Cl)ccc2ncn1CC1CCCCC1. The van der Waals surface area contributed by atoms with Gasteiger partial charge in [0, 0.05) is 11.6 Å². The Bertz CT molecular complexity index is 644. The lowest BCUT2D eigenvalue weighted by molar-refractivity contribution is 0.315. The molecule has 0 saturated heterocycles. The summed E-state index contributed by atoms with van der Waals surface area (Å²) in [4.78, 5) is 16.8. The van der Waals surface area contributed by atoms with Gasteiger partial charge in [0.05, 0.1) is 17.2 Å². The van der Waals surface area contributed by atoms with Crippen molar-refractivity contribution in [1.29, 1.82) is 0 Å². The Morgan fingerprint density at radius 3 is 2.84 bits per heavy atom. The molecule has 3 nitrogen and oxygen atoms in total. The molecule has 1 aliphatic rings. The van der Waals surface area contributed by atoms with Crippen LogP contribution in [0.5, 0.6) is 0 Å². The maximum atomic E-state index is 12.4. The van der Waals surface area contributed by atoms with Gasteiger partial charge in [-0.05, 0) is 37.0 Å². The topological polar surface area (TPSA) is 34.9 Å². The summed E-state index contributed by atoms with van der Waals surface area (Å²) < 4.78 is 1.74. The van der Waals surface area contributed by atoms with Crippen molar-refractivity contribution in [1.82, 2.24) is 9.55 Å². The van der Waals surface area contributed by atoms with Crippen LogP contribution in [0.3, 0.4) is 0 Å². The minimum Gasteiger partial charge on any atom is -0.298 e. The smallest absolute Gasteiger partial charge is 0.261 e. The zero-order chi connectivity index (χ0) is 13.2. The molecule has 0 spiro atoms. The van der Waals surface area contributed by atoms with Crippen LogP contribution in [0.15, 0.2) is 29.3 Å². The fourth-order valence-electron chi connectivity index (χ4n) is 2.91. The highest BCUT2D eigenvalue weighted by Gasteiger charge is 2.15. The van der Waals surface area contributed by atoms with Crippen molar-refractivity contribution >= 4 is 22.5 Å². The Kier molecular flexibility index (Phi) is 3.56. The molecule has 100 valence electrons. The van der Waals surface area contributed by atoms with Gasteiger partial charge in [-0.2, -0.15) is 0 Å². The second kappa shape index (κ2) is 5.33. The molecule has 0 amide bonds. The van der Waals surface area contributed by atoms with Gasteiger partial charge >= 0.3 is 0 Å². The summed E-state index contributed by atoms with van der Waals surface area (Å²) in [6.45, 7) is 0.786. The van der Waals surface area contributed by atoms with Crippen LogP contribution < -0.4 is 5.56 Å². The van der Waals surface area contributed by atoms with Crippen LogP contribution in [-0.4, -0.2) is 9.55 Å². The second-order valence-corrected chi connectivity index (χ2v) is 5.80. The summed E-state index contributed by atoms with van der Waals surface area (Å²) in [6, 6.07) is 5.27. The summed E-state index contributed by atoms with van der Waals surface area (Å²) >= 11 is 5.96. The predicted molar refractivity (Wildman–Crippen MR) is 77.6 cm³/mol. The average molecular weight is 277 g/mol. The fraction of sp³-hybridized carbons (Fsp3) is 0.467. The molecule has 0 radical (unpaired) electrons. The molecule has 1 aromatic heterocycles. The molecule has 1 fully saturated rings. The average Bonchev–Trinajstić information content (AvgIpc) is 2.44. The van der Waals surface area contributed by atoms with E-state index in [1.54, 1.807) is 29.1 Å². The molecule has 0 atom stereocenters. The van der Waals surface area contributed by atoms with Gasteiger partial charge in [-0.1, -0.05) is 30.9 Å². The first kappa shape index (κ1) is 12.7. The molecule has 1 aromatic carbocycles. The number of halogens is 1. The molecule has 0 unspecified atom stereocenters. The van der Waals surface area contributed by atoms with Crippen molar-refractivity contribution in [2.45, 2.75) is 38.6 Å². The van der Waals surface area contributed by atoms with E-state index in [9.17, 15) is 4.79 Å². The first-order valence-electron chi connectivity index (χ1n) is 6.89. The minimum absolute atomic E-state index is 0.0260. The number of aromatic nitrogens is 2. The van der Waals surface area contributed by atoms with Crippen LogP contribution in [0.4, 0.5) is 0 Å². The molecular formula is C15H17ClN2O. The van der Waals surface area contributed by atoms with Gasteiger partial charge in [-0.25, -0.2) is 4.98 Å². The van der Waals surface area contributed by atoms with Gasteiger partial charge in [0.15, 0.2) is 0 Å². The minimum atomic E-state index is 0.0260. The van der Waals surface area contributed by atoms with Crippen LogP contribution in [0.25, 0.3) is 10.9 Å². The summed E-state index contributed by atoms with van der Waals surface area (Å²) in [7, 11) is 0. The first-order valence-corrected chi connectivity index (χ1v) is 7.26. The molecule has 0 N–H and O–H groups in total. The number of fused-ring (bicyclic) bond motifs is 1. The number of hydrogen-bond donors (Lipinski definition) is 0. The Morgan fingerprint density at radius 1 is 1.26 bits per heavy atom. The highest BCUT2D eigenvalue weighted by molar-refractivity contribution is 6.31. The van der Waals surface area contributed by atoms with Crippen LogP contribution in [-0.2, 0) is 6.54 Å². The van der Waals surface area contributed by atoms with Gasteiger partial charge in [-0.15, -0.1) is 0 Å². The van der Waals surface area contributed by atoms with Crippen molar-refractivity contribution in [3.05, 3.63) is 39.9 Å². The first-order chi connectivity index (χ1) is 9.24. The lowest BCUT2D eigenvalue weighted by Gasteiger charge is -2.22. The fourth-order valence-corrected chi connectivity index (χ4v) is 3.08. The summed E-state index contributed by atoms with van der Waals surface area (Å²) in [5.74, 6) is 0.616. The Balaban J connectivity index is 1.95. The molecule has 1 heterocycles. The van der Waals surface area contributed by atoms with E-state index in [4.69, 9.17) is 11.6 Å². The molecule has 1 saturated carbocycles. The monoisotopic (exact) mass is 276 g/mol. The predicted octanol–water partition coefficient (Wildman–Crippen LogP) is 3.63. The second-order valence-electron chi connectivity index (χ2n) is 5.37. The number of nitrogens with zero attached hydrogens (tertiary/aromatic N) is 2. The zero-order valence-corrected chi connectivity index (χ0v) is 11.6. The molecule has 19 heavy (non-hydrogen) atoms. The van der Waals surface area contributed by atoms with E-state index in [-0.39, 0.29) is 5.56 Å². The van der Waals surface area contributed by atoms with Crippen molar-refractivity contribution in [2.75, 3.05) is 0 Å². The molecule has 0 aliphatic heterocycles. The van der Waals surface area contributed by atoms with Crippen molar-refractivity contribution in [2.24, 2.45) is 5.92 Å². The quantitative estimate of drug-likeness (QED) is 0.839. The van der Waals surface area contributed by atoms with Gasteiger partial charge in [-0.3, -0.25) is 9.36 Å². The maximum Gasteiger partial charge on any atom is 0.261 e. The lowest BCUT2D eigenvalue weighted by atomic mass is 9.89. The van der Waals surface area contributed by atoms with E-state index in [2.05, 4.69) is 4.98 Å². The van der Waals surface area contributed by atoms with Crippen LogP contribution in [0.1, 0.15) is 32.1 Å². The summed E-state index contributed by atoms with van der Waals surface area (Å²) in [5.41, 5.74) is 0.743. The summed E-state index contributed by atoms with van der Waals surface area (Å²) in [6.07, 6.45) is 8.02. The standard InChI is InChI=1S/C15H17ClN2O/c16-12-6-7-14-13(8-12)15(19)18(10-17-14)9-11-4-2-1-3-5-11/h6-8,10-11H,1-5,9H2. The molecule has 2 aromatic rings. The Morgan fingerprint density at radius 2 is 2.05 bits per heavy atom. The van der Waals surface area contributed by atoms with Gasteiger partial charge in [0.2, 0.25) is 0 Å². The van der Waals surface area contributed by atoms with Crippen LogP contribution in [0, 0.1) is 5.92 Å². The molecule has 4 heteroatoms. The van der Waals surface area contributed by atoms with Crippen LogP contribution >= 0.6 is 11.6 Å². The zero-order valence-electron chi connectivity index (χ0n) is 10.8. The Hall–Kier alpha value is -1.35. The molecule has 0 bridgehead atoms. The maximum absolute atomic E-state index is 12.4. The third-order valence-electron chi connectivity index (χ3n) is 3.97.